The van der Waals surface area contributed by atoms with E-state index in [2.05, 4.69) is 4.98 Å². The van der Waals surface area contributed by atoms with Crippen molar-refractivity contribution in [2.24, 2.45) is 0 Å². The van der Waals surface area contributed by atoms with Crippen LogP contribution in [-0.4, -0.2) is 16.1 Å². The summed E-state index contributed by atoms with van der Waals surface area (Å²) in [4.78, 5) is 14.4. The SMILES string of the molecule is Cc1ccc(Oc2ccc(C(=O)O)cn2)cc1F. The normalized spacial score (nSPS) is 10.1. The lowest BCUT2D eigenvalue weighted by molar-refractivity contribution is 0.0696. The zero-order valence-corrected chi connectivity index (χ0v) is 9.55. The van der Waals surface area contributed by atoms with Crippen LogP contribution in [0.1, 0.15) is 15.9 Å². The number of ether oxygens (including phenoxy) is 1. The van der Waals surface area contributed by atoms with Crippen LogP contribution >= 0.6 is 0 Å². The molecule has 0 spiro atoms. The molecule has 2 aromatic rings. The standard InChI is InChI=1S/C13H10FNO3/c1-8-2-4-10(6-11(8)14)18-12-5-3-9(7-15-12)13(16)17/h2-7H,1H3,(H,16,17). The highest BCUT2D eigenvalue weighted by molar-refractivity contribution is 5.87. The van der Waals surface area contributed by atoms with Gasteiger partial charge >= 0.3 is 5.97 Å². The fourth-order valence-electron chi connectivity index (χ4n) is 1.32. The lowest BCUT2D eigenvalue weighted by Crippen LogP contribution is -1.97. The second kappa shape index (κ2) is 4.83. The van der Waals surface area contributed by atoms with Crippen molar-refractivity contribution in [3.63, 3.8) is 0 Å². The van der Waals surface area contributed by atoms with Crippen LogP contribution in [0.4, 0.5) is 4.39 Å². The maximum atomic E-state index is 13.3. The molecular formula is C13H10FNO3. The average Bonchev–Trinajstić information content (AvgIpc) is 2.34. The number of aryl methyl sites for hydroxylation is 1. The number of nitrogens with zero attached hydrogens (tertiary/aromatic N) is 1. The summed E-state index contributed by atoms with van der Waals surface area (Å²) in [6.07, 6.45) is 1.18. The summed E-state index contributed by atoms with van der Waals surface area (Å²) in [6.45, 7) is 1.65. The first kappa shape index (κ1) is 12.0. The van der Waals surface area contributed by atoms with Crippen LogP contribution in [0.25, 0.3) is 0 Å². The van der Waals surface area contributed by atoms with Crippen molar-refractivity contribution in [2.75, 3.05) is 0 Å². The van der Waals surface area contributed by atoms with Crippen LogP contribution < -0.4 is 4.74 Å². The second-order valence-corrected chi connectivity index (χ2v) is 3.70. The van der Waals surface area contributed by atoms with E-state index in [1.54, 1.807) is 19.1 Å². The van der Waals surface area contributed by atoms with Crippen molar-refractivity contribution < 1.29 is 19.0 Å². The van der Waals surface area contributed by atoms with Crippen LogP contribution in [0, 0.1) is 12.7 Å². The molecule has 0 unspecified atom stereocenters. The Morgan fingerprint density at radius 1 is 1.33 bits per heavy atom. The third kappa shape index (κ3) is 2.63. The highest BCUT2D eigenvalue weighted by Gasteiger charge is 2.05. The number of carboxylic acid groups (broad SMARTS) is 1. The lowest BCUT2D eigenvalue weighted by Gasteiger charge is -2.05. The van der Waals surface area contributed by atoms with Gasteiger partial charge in [0, 0.05) is 18.3 Å². The number of benzene rings is 1. The van der Waals surface area contributed by atoms with E-state index in [0.29, 0.717) is 11.3 Å². The van der Waals surface area contributed by atoms with E-state index >= 15 is 0 Å². The fourth-order valence-corrected chi connectivity index (χ4v) is 1.32. The molecule has 0 atom stereocenters. The number of aromatic nitrogens is 1. The minimum absolute atomic E-state index is 0.0671. The number of rotatable bonds is 3. The van der Waals surface area contributed by atoms with E-state index in [4.69, 9.17) is 9.84 Å². The maximum absolute atomic E-state index is 13.3. The molecule has 2 rings (SSSR count). The van der Waals surface area contributed by atoms with Crippen LogP contribution in [-0.2, 0) is 0 Å². The summed E-state index contributed by atoms with van der Waals surface area (Å²) in [5.41, 5.74) is 0.592. The molecule has 1 aromatic heterocycles. The van der Waals surface area contributed by atoms with Crippen molar-refractivity contribution in [3.8, 4) is 11.6 Å². The minimum Gasteiger partial charge on any atom is -0.478 e. The van der Waals surface area contributed by atoms with Gasteiger partial charge in [-0.05, 0) is 24.6 Å². The zero-order chi connectivity index (χ0) is 13.1. The molecule has 0 aliphatic heterocycles. The molecule has 0 saturated heterocycles. The number of carboxylic acids is 1. The third-order valence-corrected chi connectivity index (χ3v) is 2.35. The molecule has 1 aromatic carbocycles. The van der Waals surface area contributed by atoms with Gasteiger partial charge in [0.1, 0.15) is 11.6 Å². The van der Waals surface area contributed by atoms with E-state index in [0.717, 1.165) is 0 Å². The number of hydrogen-bond donors (Lipinski definition) is 1. The fraction of sp³-hybridized carbons (Fsp3) is 0.0769. The largest absolute Gasteiger partial charge is 0.478 e. The first-order chi connectivity index (χ1) is 8.56. The van der Waals surface area contributed by atoms with E-state index in [-0.39, 0.29) is 17.3 Å². The smallest absolute Gasteiger partial charge is 0.337 e. The summed E-state index contributed by atoms with van der Waals surface area (Å²) < 4.78 is 18.6. The predicted octanol–water partition coefficient (Wildman–Crippen LogP) is 3.02. The van der Waals surface area contributed by atoms with Crippen molar-refractivity contribution in [2.45, 2.75) is 6.92 Å². The summed E-state index contributed by atoms with van der Waals surface area (Å²) >= 11 is 0. The van der Waals surface area contributed by atoms with Crippen LogP contribution in [0.2, 0.25) is 0 Å². The Morgan fingerprint density at radius 3 is 2.67 bits per heavy atom. The van der Waals surface area contributed by atoms with Crippen LogP contribution in [0.3, 0.4) is 0 Å². The van der Waals surface area contributed by atoms with Crippen molar-refractivity contribution in [3.05, 3.63) is 53.5 Å². The van der Waals surface area contributed by atoms with Crippen molar-refractivity contribution >= 4 is 5.97 Å². The van der Waals surface area contributed by atoms with E-state index in [1.807, 2.05) is 0 Å². The number of halogens is 1. The quantitative estimate of drug-likeness (QED) is 0.905. The van der Waals surface area contributed by atoms with Gasteiger partial charge in [0.15, 0.2) is 0 Å². The van der Waals surface area contributed by atoms with Gasteiger partial charge in [-0.1, -0.05) is 6.07 Å². The first-order valence-electron chi connectivity index (χ1n) is 5.19. The Hall–Kier alpha value is -2.43. The Labute approximate surface area is 103 Å². The van der Waals surface area contributed by atoms with Crippen molar-refractivity contribution in [1.29, 1.82) is 0 Å². The average molecular weight is 247 g/mol. The Bertz CT molecular complexity index is 581. The summed E-state index contributed by atoms with van der Waals surface area (Å²) in [5.74, 6) is -0.901. The Morgan fingerprint density at radius 2 is 2.11 bits per heavy atom. The van der Waals surface area contributed by atoms with Gasteiger partial charge in [0.05, 0.1) is 5.56 Å². The van der Waals surface area contributed by atoms with E-state index in [1.165, 1.54) is 24.4 Å². The topological polar surface area (TPSA) is 59.4 Å². The molecule has 0 amide bonds. The van der Waals surface area contributed by atoms with Gasteiger partial charge in [-0.25, -0.2) is 14.2 Å². The van der Waals surface area contributed by atoms with Crippen LogP contribution in [0.15, 0.2) is 36.5 Å². The molecule has 0 radical (unpaired) electrons. The maximum Gasteiger partial charge on any atom is 0.337 e. The number of aromatic carboxylic acids is 1. The molecule has 1 N–H and O–H groups in total. The van der Waals surface area contributed by atoms with Gasteiger partial charge in [-0.2, -0.15) is 0 Å². The predicted molar refractivity (Wildman–Crippen MR) is 62.4 cm³/mol. The van der Waals surface area contributed by atoms with Crippen molar-refractivity contribution in [1.82, 2.24) is 4.98 Å². The summed E-state index contributed by atoms with van der Waals surface area (Å²) in [5, 5.41) is 8.70. The van der Waals surface area contributed by atoms with E-state index in [9.17, 15) is 9.18 Å². The van der Waals surface area contributed by atoms with E-state index < -0.39 is 5.97 Å². The molecule has 92 valence electrons. The first-order valence-corrected chi connectivity index (χ1v) is 5.19. The molecular weight excluding hydrogens is 237 g/mol. The highest BCUT2D eigenvalue weighted by atomic mass is 19.1. The number of pyridine rings is 1. The second-order valence-electron chi connectivity index (χ2n) is 3.70. The third-order valence-electron chi connectivity index (χ3n) is 2.35. The molecule has 5 heteroatoms. The number of carbonyl (C=O) groups is 1. The molecule has 1 heterocycles. The molecule has 0 saturated carbocycles. The van der Waals surface area contributed by atoms with Gasteiger partial charge in [0.25, 0.3) is 0 Å². The summed E-state index contributed by atoms with van der Waals surface area (Å²) in [6, 6.07) is 7.25. The molecule has 0 bridgehead atoms. The molecule has 4 nitrogen and oxygen atoms in total. The molecule has 0 aliphatic carbocycles. The zero-order valence-electron chi connectivity index (χ0n) is 9.55. The molecule has 0 fully saturated rings. The van der Waals surface area contributed by atoms with Gasteiger partial charge in [0.2, 0.25) is 5.88 Å². The minimum atomic E-state index is -1.06. The van der Waals surface area contributed by atoms with Gasteiger partial charge in [-0.15, -0.1) is 0 Å². The number of hydrogen-bond acceptors (Lipinski definition) is 3. The lowest BCUT2D eigenvalue weighted by atomic mass is 10.2. The van der Waals surface area contributed by atoms with Gasteiger partial charge in [-0.3, -0.25) is 0 Å². The molecule has 0 aliphatic rings. The summed E-state index contributed by atoms with van der Waals surface area (Å²) in [7, 11) is 0. The Kier molecular flexibility index (Phi) is 3.23. The monoisotopic (exact) mass is 247 g/mol. The highest BCUT2D eigenvalue weighted by Crippen LogP contribution is 2.21. The Balaban J connectivity index is 2.18. The van der Waals surface area contributed by atoms with Gasteiger partial charge < -0.3 is 9.84 Å². The molecule has 18 heavy (non-hydrogen) atoms. The van der Waals surface area contributed by atoms with Crippen LogP contribution in [0.5, 0.6) is 11.6 Å².